The van der Waals surface area contributed by atoms with Gasteiger partial charge < -0.3 is 25.7 Å². The second kappa shape index (κ2) is 47.6. The Bertz CT molecular complexity index is 935. The molecule has 0 aromatic rings. The number of hydrogen-bond donors (Lipinski definition) is 5. The maximum absolute atomic E-state index is 12.6. The molecule has 0 radical (unpaired) electrons. The Balaban J connectivity index is 3.73. The smallest absolute Gasteiger partial charge is 0.249 e. The zero-order valence-electron chi connectivity index (χ0n) is 39.3. The minimum Gasteiger partial charge on any atom is -0.394 e. The molecule has 59 heavy (non-hydrogen) atoms. The lowest BCUT2D eigenvalue weighted by atomic mass is 10.00. The number of amides is 1. The Morgan fingerprint density at radius 2 is 0.712 bits per heavy atom. The summed E-state index contributed by atoms with van der Waals surface area (Å²) in [6, 6.07) is -1.01. The van der Waals surface area contributed by atoms with Crippen LogP contribution in [-0.4, -0.2) is 57.3 Å². The zero-order chi connectivity index (χ0) is 43.1. The molecule has 6 heteroatoms. The SMILES string of the molecule is CCCCCCCCCCCCC/C=C/CC/C=C/CCCC(O)C(O)C(CO)NC(=O)C(O)CCCCCCCCC/C=C\CCCCCCCCCCCCCC. The molecular weight excluding hydrogens is 731 g/mol. The molecule has 0 rings (SSSR count). The number of unbranched alkanes of at least 4 members (excludes halogenated alkanes) is 32. The third kappa shape index (κ3) is 41.6. The highest BCUT2D eigenvalue weighted by Gasteiger charge is 2.28. The minimum atomic E-state index is -1.29. The quantitative estimate of drug-likeness (QED) is 0.0310. The van der Waals surface area contributed by atoms with Gasteiger partial charge in [-0.2, -0.15) is 0 Å². The fourth-order valence-electron chi connectivity index (χ4n) is 7.95. The van der Waals surface area contributed by atoms with Gasteiger partial charge in [-0.3, -0.25) is 4.79 Å². The van der Waals surface area contributed by atoms with E-state index in [0.29, 0.717) is 19.3 Å². The van der Waals surface area contributed by atoms with Crippen molar-refractivity contribution in [3.8, 4) is 0 Å². The monoisotopic (exact) mass is 832 g/mol. The number of aliphatic hydroxyl groups is 4. The van der Waals surface area contributed by atoms with E-state index in [1.807, 2.05) is 0 Å². The molecule has 0 spiro atoms. The second-order valence-electron chi connectivity index (χ2n) is 17.8. The molecule has 6 nitrogen and oxygen atoms in total. The lowest BCUT2D eigenvalue weighted by Crippen LogP contribution is -2.53. The van der Waals surface area contributed by atoms with Gasteiger partial charge in [-0.15, -0.1) is 0 Å². The van der Waals surface area contributed by atoms with Crippen molar-refractivity contribution < 1.29 is 25.2 Å². The van der Waals surface area contributed by atoms with Gasteiger partial charge in [0.15, 0.2) is 0 Å². The highest BCUT2D eigenvalue weighted by Crippen LogP contribution is 2.16. The van der Waals surface area contributed by atoms with Gasteiger partial charge in [0.2, 0.25) is 5.91 Å². The maximum Gasteiger partial charge on any atom is 0.249 e. The van der Waals surface area contributed by atoms with Crippen LogP contribution in [0.1, 0.15) is 264 Å². The Kier molecular flexibility index (Phi) is 46.4. The summed E-state index contributed by atoms with van der Waals surface area (Å²) < 4.78 is 0. The van der Waals surface area contributed by atoms with Crippen molar-refractivity contribution in [1.82, 2.24) is 5.32 Å². The fourth-order valence-corrected chi connectivity index (χ4v) is 7.95. The van der Waals surface area contributed by atoms with E-state index in [1.165, 1.54) is 193 Å². The lowest BCUT2D eigenvalue weighted by molar-refractivity contribution is -0.132. The van der Waals surface area contributed by atoms with Gasteiger partial charge in [0, 0.05) is 0 Å². The number of allylic oxidation sites excluding steroid dienone is 6. The summed E-state index contributed by atoms with van der Waals surface area (Å²) in [6.45, 7) is 4.06. The largest absolute Gasteiger partial charge is 0.394 e. The van der Waals surface area contributed by atoms with E-state index in [4.69, 9.17) is 0 Å². The van der Waals surface area contributed by atoms with Gasteiger partial charge in [0.1, 0.15) is 12.2 Å². The van der Waals surface area contributed by atoms with Gasteiger partial charge in [0.25, 0.3) is 0 Å². The highest BCUT2D eigenvalue weighted by molar-refractivity contribution is 5.80. The molecule has 0 aliphatic rings. The van der Waals surface area contributed by atoms with Gasteiger partial charge in [-0.05, 0) is 77.0 Å². The average Bonchev–Trinajstić information content (AvgIpc) is 3.24. The van der Waals surface area contributed by atoms with Crippen LogP contribution in [0.5, 0.6) is 0 Å². The zero-order valence-corrected chi connectivity index (χ0v) is 39.3. The predicted molar refractivity (Wildman–Crippen MR) is 256 cm³/mol. The number of nitrogens with one attached hydrogen (secondary N) is 1. The summed E-state index contributed by atoms with van der Waals surface area (Å²) in [5, 5.41) is 43.8. The number of carbonyl (C=O) groups is 1. The molecule has 0 bridgehead atoms. The van der Waals surface area contributed by atoms with Crippen molar-refractivity contribution in [3.63, 3.8) is 0 Å². The molecule has 0 saturated carbocycles. The Morgan fingerprint density at radius 1 is 0.407 bits per heavy atom. The molecule has 0 aliphatic heterocycles. The van der Waals surface area contributed by atoms with E-state index in [-0.39, 0.29) is 0 Å². The van der Waals surface area contributed by atoms with Crippen LogP contribution in [0.15, 0.2) is 36.5 Å². The van der Waals surface area contributed by atoms with Crippen molar-refractivity contribution >= 4 is 5.91 Å². The molecule has 0 saturated heterocycles. The molecule has 4 unspecified atom stereocenters. The standard InChI is InChI=1S/C53H101NO5/c1-3-5-7-9-11-13-15-17-19-21-23-25-26-27-29-31-33-35-37-39-41-43-45-47-51(57)53(59)54-49(48-55)52(58)50(56)46-44-42-40-38-36-34-32-30-28-24-22-20-18-16-14-12-10-8-6-4-2/h27,29-30,32,38,40,49-52,55-58H,3-26,28,31,33-37,39,41-48H2,1-2H3,(H,54,59)/b29-27-,32-30+,40-38+. The van der Waals surface area contributed by atoms with E-state index >= 15 is 0 Å². The third-order valence-electron chi connectivity index (χ3n) is 12.1. The Labute approximate surface area is 367 Å². The molecule has 4 atom stereocenters. The Morgan fingerprint density at radius 3 is 1.07 bits per heavy atom. The average molecular weight is 832 g/mol. The van der Waals surface area contributed by atoms with Crippen molar-refractivity contribution in [2.75, 3.05) is 6.61 Å². The first-order chi connectivity index (χ1) is 29.0. The molecule has 1 amide bonds. The highest BCUT2D eigenvalue weighted by atomic mass is 16.3. The summed E-state index contributed by atoms with van der Waals surface area (Å²) in [5.41, 5.74) is 0. The summed E-state index contributed by atoms with van der Waals surface area (Å²) in [5.74, 6) is -0.599. The molecule has 0 aliphatic carbocycles. The van der Waals surface area contributed by atoms with Gasteiger partial charge in [-0.1, -0.05) is 224 Å². The molecule has 0 fully saturated rings. The molecule has 0 aromatic heterocycles. The van der Waals surface area contributed by atoms with Crippen LogP contribution in [0, 0.1) is 0 Å². The predicted octanol–water partition coefficient (Wildman–Crippen LogP) is 14.5. The molecule has 348 valence electrons. The van der Waals surface area contributed by atoms with Crippen LogP contribution in [0.2, 0.25) is 0 Å². The lowest BCUT2D eigenvalue weighted by Gasteiger charge is -2.27. The van der Waals surface area contributed by atoms with Crippen molar-refractivity contribution in [1.29, 1.82) is 0 Å². The minimum absolute atomic E-state index is 0.355. The molecular formula is C53H101NO5. The van der Waals surface area contributed by atoms with Crippen LogP contribution in [0.25, 0.3) is 0 Å². The van der Waals surface area contributed by atoms with E-state index in [0.717, 1.165) is 38.5 Å². The van der Waals surface area contributed by atoms with E-state index in [9.17, 15) is 25.2 Å². The first-order valence-corrected chi connectivity index (χ1v) is 25.9. The summed E-state index contributed by atoms with van der Waals surface area (Å²) >= 11 is 0. The van der Waals surface area contributed by atoms with E-state index in [1.54, 1.807) is 0 Å². The van der Waals surface area contributed by atoms with E-state index in [2.05, 4.69) is 55.6 Å². The summed E-state index contributed by atoms with van der Waals surface area (Å²) in [6.07, 6.45) is 57.7. The van der Waals surface area contributed by atoms with Crippen LogP contribution in [-0.2, 0) is 4.79 Å². The Hall–Kier alpha value is -1.47. The number of carbonyl (C=O) groups excluding carboxylic acids is 1. The number of aliphatic hydroxyl groups excluding tert-OH is 4. The fraction of sp³-hybridized carbons (Fsp3) is 0.868. The first kappa shape index (κ1) is 57.5. The van der Waals surface area contributed by atoms with Crippen LogP contribution >= 0.6 is 0 Å². The summed E-state index contributed by atoms with van der Waals surface area (Å²) in [7, 11) is 0. The normalized spacial score (nSPS) is 14.2. The van der Waals surface area contributed by atoms with Gasteiger partial charge in [-0.25, -0.2) is 0 Å². The van der Waals surface area contributed by atoms with Crippen LogP contribution in [0.3, 0.4) is 0 Å². The third-order valence-corrected chi connectivity index (χ3v) is 12.1. The topological polar surface area (TPSA) is 110 Å². The van der Waals surface area contributed by atoms with Crippen molar-refractivity contribution in [2.45, 2.75) is 289 Å². The number of hydrogen-bond acceptors (Lipinski definition) is 5. The van der Waals surface area contributed by atoms with Crippen molar-refractivity contribution in [2.24, 2.45) is 0 Å². The molecule has 0 aromatic carbocycles. The maximum atomic E-state index is 12.6. The molecule has 0 heterocycles. The number of rotatable bonds is 47. The molecule has 5 N–H and O–H groups in total. The second-order valence-corrected chi connectivity index (χ2v) is 17.8. The van der Waals surface area contributed by atoms with Crippen LogP contribution in [0.4, 0.5) is 0 Å². The summed E-state index contributed by atoms with van der Waals surface area (Å²) in [4.78, 5) is 12.6. The van der Waals surface area contributed by atoms with Gasteiger partial charge in [0.05, 0.1) is 18.8 Å². The van der Waals surface area contributed by atoms with Gasteiger partial charge >= 0.3 is 0 Å². The van der Waals surface area contributed by atoms with E-state index < -0.39 is 36.9 Å². The van der Waals surface area contributed by atoms with Crippen molar-refractivity contribution in [3.05, 3.63) is 36.5 Å². The van der Waals surface area contributed by atoms with Crippen LogP contribution < -0.4 is 5.32 Å². The first-order valence-electron chi connectivity index (χ1n) is 25.9.